The Morgan fingerprint density at radius 3 is 2.79 bits per heavy atom. The van der Waals surface area contributed by atoms with Gasteiger partial charge in [0.1, 0.15) is 6.61 Å². The van der Waals surface area contributed by atoms with Gasteiger partial charge in [0.05, 0.1) is 12.7 Å². The fraction of sp³-hybridized carbons (Fsp3) is 0.476. The molecule has 0 spiro atoms. The minimum Gasteiger partial charge on any atom is -0.493 e. The molecule has 1 aromatic carbocycles. The number of ether oxygens (including phenoxy) is 4. The van der Waals surface area contributed by atoms with Crippen LogP contribution in [0, 0.1) is 5.92 Å². The molecule has 8 heteroatoms. The molecule has 1 aliphatic carbocycles. The molecule has 3 heterocycles. The van der Waals surface area contributed by atoms with Gasteiger partial charge in [-0.25, -0.2) is 4.79 Å². The number of cyclic esters (lactones) is 1. The van der Waals surface area contributed by atoms with Gasteiger partial charge in [-0.1, -0.05) is 25.7 Å². The first-order valence-electron chi connectivity index (χ1n) is 9.77. The van der Waals surface area contributed by atoms with E-state index in [0.717, 1.165) is 25.7 Å². The van der Waals surface area contributed by atoms with Crippen molar-refractivity contribution in [2.45, 2.75) is 37.9 Å². The number of fused-ring (bicyclic) bond motifs is 1. The van der Waals surface area contributed by atoms with E-state index in [9.17, 15) is 9.90 Å². The first kappa shape index (κ1) is 18.3. The van der Waals surface area contributed by atoms with Crippen LogP contribution >= 0.6 is 0 Å². The summed E-state index contributed by atoms with van der Waals surface area (Å²) in [5.41, 5.74) is 1.32. The van der Waals surface area contributed by atoms with Crippen molar-refractivity contribution >= 4 is 11.5 Å². The van der Waals surface area contributed by atoms with Gasteiger partial charge in [-0.2, -0.15) is 4.89 Å². The molecule has 1 aromatic rings. The first-order valence-corrected chi connectivity index (χ1v) is 9.77. The van der Waals surface area contributed by atoms with Crippen LogP contribution in [0.1, 0.15) is 37.7 Å². The molecule has 0 bridgehead atoms. The molecule has 1 atom stereocenters. The molecule has 1 fully saturated rings. The van der Waals surface area contributed by atoms with Crippen molar-refractivity contribution in [2.24, 2.45) is 5.92 Å². The van der Waals surface area contributed by atoms with Crippen molar-refractivity contribution in [1.29, 1.82) is 0 Å². The second-order valence-corrected chi connectivity index (χ2v) is 7.59. The Morgan fingerprint density at radius 1 is 1.24 bits per heavy atom. The third-order valence-corrected chi connectivity index (χ3v) is 5.89. The average molecular weight is 402 g/mol. The third kappa shape index (κ3) is 2.94. The lowest BCUT2D eigenvalue weighted by Crippen LogP contribution is -2.35. The van der Waals surface area contributed by atoms with Crippen molar-refractivity contribution in [3.05, 3.63) is 35.1 Å². The zero-order valence-electron chi connectivity index (χ0n) is 16.1. The van der Waals surface area contributed by atoms with E-state index in [4.69, 9.17) is 28.7 Å². The van der Waals surface area contributed by atoms with Gasteiger partial charge in [-0.05, 0) is 36.1 Å². The molecule has 1 unspecified atom stereocenters. The Kier molecular flexibility index (Phi) is 4.40. The smallest absolute Gasteiger partial charge is 0.342 e. The van der Waals surface area contributed by atoms with E-state index < -0.39 is 11.8 Å². The summed E-state index contributed by atoms with van der Waals surface area (Å²) in [4.78, 5) is 23.0. The van der Waals surface area contributed by atoms with Crippen LogP contribution < -0.4 is 14.2 Å². The van der Waals surface area contributed by atoms with Crippen LogP contribution in [0.2, 0.25) is 0 Å². The van der Waals surface area contributed by atoms with Crippen molar-refractivity contribution in [2.75, 3.05) is 20.5 Å². The number of benzene rings is 1. The van der Waals surface area contributed by atoms with Crippen LogP contribution in [-0.2, 0) is 19.3 Å². The molecule has 1 N–H and O–H groups in total. The maximum atomic E-state index is 13.0. The second-order valence-electron chi connectivity index (χ2n) is 7.59. The number of methoxy groups -OCH3 is 1. The molecule has 0 aromatic heterocycles. The van der Waals surface area contributed by atoms with E-state index in [1.807, 2.05) is 0 Å². The Morgan fingerprint density at radius 2 is 2.07 bits per heavy atom. The van der Waals surface area contributed by atoms with Gasteiger partial charge in [-0.15, -0.1) is 0 Å². The summed E-state index contributed by atoms with van der Waals surface area (Å²) in [6.45, 7) is 0.259. The van der Waals surface area contributed by atoms with Crippen molar-refractivity contribution in [1.82, 2.24) is 0 Å². The summed E-state index contributed by atoms with van der Waals surface area (Å²) in [5.74, 6) is -0.736. The molecular weight excluding hydrogens is 380 g/mol. The summed E-state index contributed by atoms with van der Waals surface area (Å²) in [6.07, 6.45) is 6.46. The third-order valence-electron chi connectivity index (χ3n) is 5.89. The number of hydrogen-bond donors (Lipinski definition) is 1. The zero-order chi connectivity index (χ0) is 20.0. The van der Waals surface area contributed by atoms with Crippen LogP contribution in [0.25, 0.3) is 5.57 Å². The maximum Gasteiger partial charge on any atom is 0.342 e. The number of esters is 1. The molecule has 8 nitrogen and oxygen atoms in total. The summed E-state index contributed by atoms with van der Waals surface area (Å²) < 4.78 is 21.8. The average Bonchev–Trinajstić information content (AvgIpc) is 3.50. The number of carbonyl (C=O) groups is 1. The van der Waals surface area contributed by atoms with Gasteiger partial charge in [0.15, 0.2) is 11.5 Å². The lowest BCUT2D eigenvalue weighted by molar-refractivity contribution is -0.272. The Hall–Kier alpha value is -2.71. The number of rotatable bonds is 5. The van der Waals surface area contributed by atoms with E-state index in [2.05, 4.69) is 0 Å². The molecule has 1 saturated carbocycles. The normalized spacial score (nSPS) is 26.0. The highest BCUT2D eigenvalue weighted by Crippen LogP contribution is 2.50. The van der Waals surface area contributed by atoms with E-state index in [1.165, 1.54) is 7.11 Å². The highest BCUT2D eigenvalue weighted by Gasteiger charge is 2.53. The van der Waals surface area contributed by atoms with Crippen molar-refractivity contribution < 1.29 is 38.6 Å². The summed E-state index contributed by atoms with van der Waals surface area (Å²) >= 11 is 0. The van der Waals surface area contributed by atoms with Gasteiger partial charge in [0, 0.05) is 5.57 Å². The Bertz CT molecular complexity index is 912. The fourth-order valence-electron chi connectivity index (χ4n) is 4.48. The minimum absolute atomic E-state index is 0.0789. The predicted octanol–water partition coefficient (Wildman–Crippen LogP) is 2.85. The van der Waals surface area contributed by atoms with Gasteiger partial charge < -0.3 is 28.9 Å². The van der Waals surface area contributed by atoms with E-state index in [0.29, 0.717) is 46.3 Å². The molecule has 3 aliphatic heterocycles. The van der Waals surface area contributed by atoms with Gasteiger partial charge in [0.2, 0.25) is 18.3 Å². The van der Waals surface area contributed by atoms with Gasteiger partial charge in [0.25, 0.3) is 5.79 Å². The largest absolute Gasteiger partial charge is 0.493 e. The molecule has 154 valence electrons. The maximum absolute atomic E-state index is 13.0. The fourth-order valence-corrected chi connectivity index (χ4v) is 4.48. The Labute approximate surface area is 167 Å². The highest BCUT2D eigenvalue weighted by atomic mass is 17.2. The quantitative estimate of drug-likeness (QED) is 0.594. The number of carbonyl (C=O) groups excluding carboxylic acids is 1. The molecule has 4 aliphatic rings. The van der Waals surface area contributed by atoms with Crippen LogP contribution in [0.4, 0.5) is 0 Å². The topological polar surface area (TPSA) is 92.7 Å². The lowest BCUT2D eigenvalue weighted by atomic mass is 9.87. The second kappa shape index (κ2) is 6.96. The number of aliphatic hydroxyl groups is 1. The molecule has 29 heavy (non-hydrogen) atoms. The number of hydrogen-bond acceptors (Lipinski definition) is 8. The molecule has 0 amide bonds. The molecule has 0 saturated heterocycles. The minimum atomic E-state index is -1.98. The van der Waals surface area contributed by atoms with E-state index >= 15 is 0 Å². The standard InChI is InChI=1S/C21H22O8/c1-24-15-9-13(10-16-19(15)26-11-25-16)18-14(8-12-4-2-3-5-12)21(23,28-20(18)22)17-6-7-27-29-17/h6,9-10,12,23H,2-5,7-8,11H2,1H3. The summed E-state index contributed by atoms with van der Waals surface area (Å²) in [6, 6.07) is 3.41. The zero-order valence-corrected chi connectivity index (χ0v) is 16.1. The lowest BCUT2D eigenvalue weighted by Gasteiger charge is -2.25. The van der Waals surface area contributed by atoms with Crippen LogP contribution in [0.3, 0.4) is 0 Å². The summed E-state index contributed by atoms with van der Waals surface area (Å²) in [5, 5.41) is 11.4. The first-order chi connectivity index (χ1) is 14.1. The predicted molar refractivity (Wildman–Crippen MR) is 98.8 cm³/mol. The molecule has 0 radical (unpaired) electrons. The van der Waals surface area contributed by atoms with Crippen molar-refractivity contribution in [3.63, 3.8) is 0 Å². The Balaban J connectivity index is 1.65. The van der Waals surface area contributed by atoms with Crippen LogP contribution in [-0.4, -0.2) is 37.4 Å². The van der Waals surface area contributed by atoms with Crippen LogP contribution in [0.5, 0.6) is 17.2 Å². The van der Waals surface area contributed by atoms with Gasteiger partial charge in [-0.3, -0.25) is 0 Å². The summed E-state index contributed by atoms with van der Waals surface area (Å²) in [7, 11) is 1.52. The SMILES string of the molecule is COc1cc(C2=C(CC3CCCC3)C(O)(C3=CCOO3)OC2=O)cc2c1OCO2. The molecule has 5 rings (SSSR count). The monoisotopic (exact) mass is 402 g/mol. The van der Waals surface area contributed by atoms with E-state index in [-0.39, 0.29) is 19.2 Å². The van der Waals surface area contributed by atoms with E-state index in [1.54, 1.807) is 18.2 Å². The van der Waals surface area contributed by atoms with Crippen molar-refractivity contribution in [3.8, 4) is 17.2 Å². The molecular formula is C21H22O8. The highest BCUT2D eigenvalue weighted by molar-refractivity contribution is 6.20. The van der Waals surface area contributed by atoms with Crippen LogP contribution in [0.15, 0.2) is 29.5 Å². The van der Waals surface area contributed by atoms with Gasteiger partial charge >= 0.3 is 5.97 Å².